The third-order valence-electron chi connectivity index (χ3n) is 2.55. The second kappa shape index (κ2) is 5.53. The molecule has 0 spiro atoms. The number of ketones is 1. The van der Waals surface area contributed by atoms with E-state index < -0.39 is 0 Å². The zero-order chi connectivity index (χ0) is 13.7. The summed E-state index contributed by atoms with van der Waals surface area (Å²) in [5.74, 6) is 4.99. The number of rotatable bonds is 1. The van der Waals surface area contributed by atoms with Gasteiger partial charge in [-0.05, 0) is 42.3 Å². The number of carbonyl (C=O) groups excluding carboxylic acids is 1. The molecule has 0 amide bonds. The van der Waals surface area contributed by atoms with Gasteiger partial charge in [-0.2, -0.15) is 5.26 Å². The molecule has 0 aliphatic rings. The van der Waals surface area contributed by atoms with Crippen LogP contribution in [0.4, 0.5) is 5.69 Å². The fourth-order valence-electron chi connectivity index (χ4n) is 1.50. The van der Waals surface area contributed by atoms with Crippen molar-refractivity contribution < 1.29 is 4.79 Å². The second-order valence-corrected chi connectivity index (χ2v) is 3.86. The van der Waals surface area contributed by atoms with E-state index in [1.807, 2.05) is 18.2 Å². The SMILES string of the molecule is N#Cc1ccc(C(=O)C#Cc2ccccc2N)cc1. The number of hydrogen-bond acceptors (Lipinski definition) is 3. The fourth-order valence-corrected chi connectivity index (χ4v) is 1.50. The summed E-state index contributed by atoms with van der Waals surface area (Å²) < 4.78 is 0. The molecule has 2 aromatic carbocycles. The van der Waals surface area contributed by atoms with Crippen molar-refractivity contribution in [3.63, 3.8) is 0 Å². The molecule has 0 saturated heterocycles. The molecule has 0 saturated carbocycles. The van der Waals surface area contributed by atoms with Gasteiger partial charge >= 0.3 is 0 Å². The average molecular weight is 246 g/mol. The highest BCUT2D eigenvalue weighted by Gasteiger charge is 2.02. The Morgan fingerprint density at radius 3 is 2.37 bits per heavy atom. The molecule has 2 N–H and O–H groups in total. The third-order valence-corrected chi connectivity index (χ3v) is 2.55. The lowest BCUT2D eigenvalue weighted by molar-refractivity contribution is 0.105. The molecule has 0 aliphatic carbocycles. The zero-order valence-electron chi connectivity index (χ0n) is 10.1. The summed E-state index contributed by atoms with van der Waals surface area (Å²) in [5, 5.41) is 8.67. The molecule has 3 heteroatoms. The number of nitrogens with zero attached hydrogens (tertiary/aromatic N) is 1. The molecule has 3 nitrogen and oxygen atoms in total. The molecule has 0 fully saturated rings. The van der Waals surface area contributed by atoms with Gasteiger partial charge < -0.3 is 5.73 Å². The summed E-state index contributed by atoms with van der Waals surface area (Å²) in [6.45, 7) is 0. The molecule has 0 aromatic heterocycles. The first-order valence-corrected chi connectivity index (χ1v) is 5.62. The van der Waals surface area contributed by atoms with Gasteiger partial charge in [0.15, 0.2) is 0 Å². The van der Waals surface area contributed by atoms with Crippen LogP contribution < -0.4 is 5.73 Å². The molecule has 0 aliphatic heterocycles. The predicted molar refractivity (Wildman–Crippen MR) is 73.2 cm³/mol. The maximum Gasteiger partial charge on any atom is 0.236 e. The molecular formula is C16H10N2O. The van der Waals surface area contributed by atoms with Crippen LogP contribution in [0.3, 0.4) is 0 Å². The number of Topliss-reactive ketones (excluding diaryl/α,β-unsaturated/α-hetero) is 1. The van der Waals surface area contributed by atoms with Crippen LogP contribution in [0.1, 0.15) is 21.5 Å². The Kier molecular flexibility index (Phi) is 3.61. The second-order valence-electron chi connectivity index (χ2n) is 3.86. The van der Waals surface area contributed by atoms with E-state index in [2.05, 4.69) is 11.8 Å². The number of benzene rings is 2. The molecular weight excluding hydrogens is 236 g/mol. The normalized spacial score (nSPS) is 9.00. The van der Waals surface area contributed by atoms with Crippen LogP contribution >= 0.6 is 0 Å². The maximum atomic E-state index is 11.8. The summed E-state index contributed by atoms with van der Waals surface area (Å²) in [4.78, 5) is 11.8. The summed E-state index contributed by atoms with van der Waals surface area (Å²) in [7, 11) is 0. The first kappa shape index (κ1) is 12.4. The van der Waals surface area contributed by atoms with Gasteiger partial charge in [-0.15, -0.1) is 0 Å². The van der Waals surface area contributed by atoms with Crippen LogP contribution in [0, 0.1) is 23.2 Å². The van der Waals surface area contributed by atoms with Crippen LogP contribution in [0.5, 0.6) is 0 Å². The number of hydrogen-bond donors (Lipinski definition) is 1. The molecule has 0 bridgehead atoms. The van der Waals surface area contributed by atoms with E-state index in [1.165, 1.54) is 0 Å². The van der Waals surface area contributed by atoms with Gasteiger partial charge in [-0.3, -0.25) is 4.79 Å². The lowest BCUT2D eigenvalue weighted by Gasteiger charge is -1.96. The van der Waals surface area contributed by atoms with E-state index >= 15 is 0 Å². The van der Waals surface area contributed by atoms with E-state index in [-0.39, 0.29) is 5.78 Å². The van der Waals surface area contributed by atoms with Gasteiger partial charge in [0, 0.05) is 16.8 Å². The van der Waals surface area contributed by atoms with Crippen molar-refractivity contribution in [3.8, 4) is 17.9 Å². The fraction of sp³-hybridized carbons (Fsp3) is 0. The number of nitriles is 1. The van der Waals surface area contributed by atoms with Crippen LogP contribution in [0.25, 0.3) is 0 Å². The molecule has 0 radical (unpaired) electrons. The Balaban J connectivity index is 2.23. The summed E-state index contributed by atoms with van der Waals surface area (Å²) in [6, 6.07) is 15.5. The monoisotopic (exact) mass is 246 g/mol. The minimum absolute atomic E-state index is 0.298. The van der Waals surface area contributed by atoms with Crippen molar-refractivity contribution >= 4 is 11.5 Å². The van der Waals surface area contributed by atoms with Crippen LogP contribution in [0.2, 0.25) is 0 Å². The Labute approximate surface area is 111 Å². The van der Waals surface area contributed by atoms with Gasteiger partial charge in [0.25, 0.3) is 0 Å². The topological polar surface area (TPSA) is 66.9 Å². The largest absolute Gasteiger partial charge is 0.398 e. The highest BCUT2D eigenvalue weighted by Crippen LogP contribution is 2.09. The first-order chi connectivity index (χ1) is 9.20. The van der Waals surface area contributed by atoms with Crippen LogP contribution in [-0.2, 0) is 0 Å². The van der Waals surface area contributed by atoms with Crippen molar-refractivity contribution in [2.24, 2.45) is 0 Å². The van der Waals surface area contributed by atoms with E-state index in [1.54, 1.807) is 36.4 Å². The maximum absolute atomic E-state index is 11.8. The predicted octanol–water partition coefficient (Wildman–Crippen LogP) is 2.37. The van der Waals surface area contributed by atoms with Crippen molar-refractivity contribution in [2.75, 3.05) is 5.73 Å². The van der Waals surface area contributed by atoms with E-state index in [4.69, 9.17) is 11.0 Å². The Bertz CT molecular complexity index is 713. The zero-order valence-corrected chi connectivity index (χ0v) is 10.1. The number of nitrogen functional groups attached to an aromatic ring is 1. The van der Waals surface area contributed by atoms with Gasteiger partial charge in [-0.1, -0.05) is 18.1 Å². The third kappa shape index (κ3) is 3.00. The molecule has 0 unspecified atom stereocenters. The van der Waals surface area contributed by atoms with Crippen LogP contribution in [0.15, 0.2) is 48.5 Å². The summed E-state index contributed by atoms with van der Waals surface area (Å²) in [5.41, 5.74) is 7.88. The first-order valence-electron chi connectivity index (χ1n) is 5.62. The van der Waals surface area contributed by atoms with Crippen molar-refractivity contribution in [1.82, 2.24) is 0 Å². The van der Waals surface area contributed by atoms with Gasteiger partial charge in [0.1, 0.15) is 0 Å². The summed E-state index contributed by atoms with van der Waals surface area (Å²) in [6.07, 6.45) is 0. The molecule has 90 valence electrons. The van der Waals surface area contributed by atoms with E-state index in [0.717, 1.165) is 0 Å². The quantitative estimate of drug-likeness (QED) is 0.477. The molecule has 0 atom stereocenters. The number of para-hydroxylation sites is 1. The van der Waals surface area contributed by atoms with Gasteiger partial charge in [0.05, 0.1) is 11.6 Å². The van der Waals surface area contributed by atoms with E-state index in [0.29, 0.717) is 22.4 Å². The van der Waals surface area contributed by atoms with Gasteiger partial charge in [0.2, 0.25) is 5.78 Å². The molecule has 0 heterocycles. The highest BCUT2D eigenvalue weighted by atomic mass is 16.1. The Morgan fingerprint density at radius 2 is 1.74 bits per heavy atom. The van der Waals surface area contributed by atoms with E-state index in [9.17, 15) is 4.79 Å². The van der Waals surface area contributed by atoms with Crippen LogP contribution in [-0.4, -0.2) is 5.78 Å². The molecule has 2 rings (SSSR count). The molecule has 2 aromatic rings. The standard InChI is InChI=1S/C16H10N2O/c17-11-12-5-7-14(8-6-12)16(19)10-9-13-3-1-2-4-15(13)18/h1-8H,18H2. The average Bonchev–Trinajstić information content (AvgIpc) is 2.46. The number of nitrogens with two attached hydrogens (primary N) is 1. The molecule has 19 heavy (non-hydrogen) atoms. The minimum Gasteiger partial charge on any atom is -0.398 e. The summed E-state index contributed by atoms with van der Waals surface area (Å²) >= 11 is 0. The number of carbonyl (C=O) groups is 1. The van der Waals surface area contributed by atoms with Crippen molar-refractivity contribution in [2.45, 2.75) is 0 Å². The number of anilines is 1. The van der Waals surface area contributed by atoms with Crippen molar-refractivity contribution in [3.05, 3.63) is 65.2 Å². The minimum atomic E-state index is -0.298. The smallest absolute Gasteiger partial charge is 0.236 e. The van der Waals surface area contributed by atoms with Gasteiger partial charge in [-0.25, -0.2) is 0 Å². The highest BCUT2D eigenvalue weighted by molar-refractivity contribution is 6.09. The lowest BCUT2D eigenvalue weighted by atomic mass is 10.1. The van der Waals surface area contributed by atoms with Crippen molar-refractivity contribution in [1.29, 1.82) is 5.26 Å². The Hall–Kier alpha value is -3.04. The lowest BCUT2D eigenvalue weighted by Crippen LogP contribution is -1.95. The Morgan fingerprint density at radius 1 is 1.05 bits per heavy atom.